The molecule has 2 unspecified atom stereocenters. The van der Waals surface area contributed by atoms with Crippen molar-refractivity contribution in [3.63, 3.8) is 0 Å². The molecule has 0 bridgehead atoms. The molecule has 2 amide bonds. The molecule has 0 saturated carbocycles. The Morgan fingerprint density at radius 3 is 2.86 bits per heavy atom. The predicted octanol–water partition coefficient (Wildman–Crippen LogP) is 1.09. The first-order valence-electron chi connectivity index (χ1n) is 8.00. The number of amides is 2. The van der Waals surface area contributed by atoms with E-state index in [4.69, 9.17) is 16.3 Å². The van der Waals surface area contributed by atoms with E-state index < -0.39 is 6.04 Å². The minimum absolute atomic E-state index is 0.123. The van der Waals surface area contributed by atoms with Crippen LogP contribution in [0, 0.1) is 0 Å². The summed E-state index contributed by atoms with van der Waals surface area (Å²) in [6.45, 7) is 0.506. The van der Waals surface area contributed by atoms with Gasteiger partial charge in [0.2, 0.25) is 0 Å². The highest BCUT2D eigenvalue weighted by atomic mass is 16.6. The van der Waals surface area contributed by atoms with Gasteiger partial charge in [-0.25, -0.2) is 10.6 Å². The van der Waals surface area contributed by atoms with Gasteiger partial charge in [0.25, 0.3) is 5.91 Å². The van der Waals surface area contributed by atoms with E-state index in [-0.39, 0.29) is 18.1 Å². The number of rotatable bonds is 7. The highest BCUT2D eigenvalue weighted by molar-refractivity contribution is 5.80. The largest absolute Gasteiger partial charge is 0.442 e. The Hall–Kier alpha value is -1.60. The van der Waals surface area contributed by atoms with Crippen LogP contribution in [0.15, 0.2) is 12.2 Å². The molecule has 6 N–H and O–H groups in total. The first-order chi connectivity index (χ1) is 10.6. The predicted molar refractivity (Wildman–Crippen MR) is 84.7 cm³/mol. The molecule has 0 aromatic heterocycles. The topological polar surface area (TPSA) is 119 Å². The SMILES string of the molecule is NNC(=O)C(N)CCCCNC(=O)OC1/C=C/CCCCC1. The lowest BCUT2D eigenvalue weighted by molar-refractivity contribution is -0.122. The zero-order valence-corrected chi connectivity index (χ0v) is 13.1. The smallest absolute Gasteiger partial charge is 0.407 e. The van der Waals surface area contributed by atoms with Gasteiger partial charge >= 0.3 is 6.09 Å². The Bertz CT molecular complexity index is 374. The molecule has 126 valence electrons. The Labute approximate surface area is 131 Å². The van der Waals surface area contributed by atoms with Crippen LogP contribution >= 0.6 is 0 Å². The molecule has 7 nitrogen and oxygen atoms in total. The van der Waals surface area contributed by atoms with Crippen LogP contribution in [-0.2, 0) is 9.53 Å². The second-order valence-corrected chi connectivity index (χ2v) is 5.55. The Balaban J connectivity index is 2.10. The molecule has 0 saturated heterocycles. The molecular weight excluding hydrogens is 284 g/mol. The molecule has 1 rings (SSSR count). The molecule has 0 fully saturated rings. The Morgan fingerprint density at radius 1 is 1.27 bits per heavy atom. The van der Waals surface area contributed by atoms with Crippen molar-refractivity contribution in [1.82, 2.24) is 10.7 Å². The van der Waals surface area contributed by atoms with Gasteiger partial charge in [0.1, 0.15) is 6.10 Å². The molecule has 22 heavy (non-hydrogen) atoms. The summed E-state index contributed by atoms with van der Waals surface area (Å²) in [6.07, 6.45) is 11.0. The number of hydrogen-bond acceptors (Lipinski definition) is 5. The minimum atomic E-state index is -0.600. The van der Waals surface area contributed by atoms with Crippen molar-refractivity contribution in [1.29, 1.82) is 0 Å². The monoisotopic (exact) mass is 312 g/mol. The number of alkyl carbamates (subject to hydrolysis) is 1. The second kappa shape index (κ2) is 11.0. The summed E-state index contributed by atoms with van der Waals surface area (Å²) >= 11 is 0. The summed E-state index contributed by atoms with van der Waals surface area (Å²) in [7, 11) is 0. The summed E-state index contributed by atoms with van der Waals surface area (Å²) in [6, 6.07) is -0.600. The van der Waals surface area contributed by atoms with E-state index in [9.17, 15) is 9.59 Å². The summed E-state index contributed by atoms with van der Waals surface area (Å²) in [5, 5.41) is 2.72. The van der Waals surface area contributed by atoms with Crippen LogP contribution < -0.4 is 22.3 Å². The maximum atomic E-state index is 11.7. The lowest BCUT2D eigenvalue weighted by atomic mass is 10.0. The van der Waals surface area contributed by atoms with Crippen LogP contribution in [-0.4, -0.2) is 30.7 Å². The molecule has 0 heterocycles. The number of nitrogens with two attached hydrogens (primary N) is 2. The molecule has 0 aliphatic heterocycles. The van der Waals surface area contributed by atoms with Gasteiger partial charge in [-0.1, -0.05) is 12.5 Å². The Kier molecular flexibility index (Phi) is 9.25. The average Bonchev–Trinajstić information content (AvgIpc) is 2.48. The van der Waals surface area contributed by atoms with Crippen molar-refractivity contribution >= 4 is 12.0 Å². The van der Waals surface area contributed by atoms with Gasteiger partial charge in [-0.2, -0.15) is 0 Å². The molecular formula is C15H28N4O3. The van der Waals surface area contributed by atoms with Crippen LogP contribution in [0.25, 0.3) is 0 Å². The zero-order chi connectivity index (χ0) is 16.2. The first kappa shape index (κ1) is 18.4. The highest BCUT2D eigenvalue weighted by Crippen LogP contribution is 2.14. The van der Waals surface area contributed by atoms with E-state index in [2.05, 4.69) is 11.4 Å². The zero-order valence-electron chi connectivity index (χ0n) is 13.1. The van der Waals surface area contributed by atoms with Crippen molar-refractivity contribution in [2.24, 2.45) is 11.6 Å². The fourth-order valence-electron chi connectivity index (χ4n) is 2.32. The molecule has 1 aliphatic carbocycles. The van der Waals surface area contributed by atoms with Crippen molar-refractivity contribution in [2.75, 3.05) is 6.54 Å². The third-order valence-corrected chi connectivity index (χ3v) is 3.66. The number of allylic oxidation sites excluding steroid dienone is 1. The summed E-state index contributed by atoms with van der Waals surface area (Å²) in [5.74, 6) is 4.62. The minimum Gasteiger partial charge on any atom is -0.442 e. The number of hydrogen-bond donors (Lipinski definition) is 4. The number of unbranched alkanes of at least 4 members (excludes halogenated alkanes) is 1. The van der Waals surface area contributed by atoms with Crippen LogP contribution in [0.5, 0.6) is 0 Å². The van der Waals surface area contributed by atoms with Gasteiger partial charge < -0.3 is 15.8 Å². The lowest BCUT2D eigenvalue weighted by Crippen LogP contribution is -2.43. The van der Waals surface area contributed by atoms with E-state index in [0.29, 0.717) is 13.0 Å². The quantitative estimate of drug-likeness (QED) is 0.184. The third-order valence-electron chi connectivity index (χ3n) is 3.66. The van der Waals surface area contributed by atoms with Gasteiger partial charge in [-0.3, -0.25) is 10.2 Å². The number of carbonyl (C=O) groups is 2. The number of ether oxygens (including phenoxy) is 1. The maximum absolute atomic E-state index is 11.7. The Morgan fingerprint density at radius 2 is 2.09 bits per heavy atom. The van der Waals surface area contributed by atoms with Crippen molar-refractivity contribution in [2.45, 2.75) is 63.5 Å². The van der Waals surface area contributed by atoms with Gasteiger partial charge in [0, 0.05) is 6.54 Å². The maximum Gasteiger partial charge on any atom is 0.407 e. The van der Waals surface area contributed by atoms with Crippen molar-refractivity contribution in [3.05, 3.63) is 12.2 Å². The van der Waals surface area contributed by atoms with Gasteiger partial charge in [-0.05, 0) is 51.0 Å². The lowest BCUT2D eigenvalue weighted by Gasteiger charge is -2.16. The summed E-state index contributed by atoms with van der Waals surface area (Å²) < 4.78 is 5.37. The van der Waals surface area contributed by atoms with Gasteiger partial charge in [-0.15, -0.1) is 0 Å². The van der Waals surface area contributed by atoms with Gasteiger partial charge in [0.05, 0.1) is 6.04 Å². The molecule has 7 heteroatoms. The second-order valence-electron chi connectivity index (χ2n) is 5.55. The van der Waals surface area contributed by atoms with E-state index in [0.717, 1.165) is 32.1 Å². The number of hydrazine groups is 1. The molecule has 0 aromatic carbocycles. The van der Waals surface area contributed by atoms with E-state index >= 15 is 0 Å². The number of carbonyl (C=O) groups excluding carboxylic acids is 2. The van der Waals surface area contributed by atoms with Crippen molar-refractivity contribution < 1.29 is 14.3 Å². The van der Waals surface area contributed by atoms with Gasteiger partial charge in [0.15, 0.2) is 0 Å². The fourth-order valence-corrected chi connectivity index (χ4v) is 2.32. The number of nitrogens with one attached hydrogen (secondary N) is 2. The normalized spacial score (nSPS) is 21.1. The standard InChI is InChI=1S/C15H28N4O3/c16-13(14(20)19-17)10-6-7-11-18-15(21)22-12-8-4-2-1-3-5-9-12/h4,8,12-13H,1-3,5-7,9-11,16-17H2,(H,18,21)(H,19,20)/b8-4+. The van der Waals surface area contributed by atoms with Crippen LogP contribution in [0.2, 0.25) is 0 Å². The molecule has 0 spiro atoms. The summed E-state index contributed by atoms with van der Waals surface area (Å²) in [5.41, 5.74) is 7.63. The first-order valence-corrected chi connectivity index (χ1v) is 8.00. The summed E-state index contributed by atoms with van der Waals surface area (Å²) in [4.78, 5) is 22.8. The van der Waals surface area contributed by atoms with Crippen LogP contribution in [0.3, 0.4) is 0 Å². The average molecular weight is 312 g/mol. The molecule has 1 aliphatic rings. The van der Waals surface area contributed by atoms with E-state index in [1.807, 2.05) is 11.5 Å². The molecule has 0 radical (unpaired) electrons. The van der Waals surface area contributed by atoms with Crippen LogP contribution in [0.4, 0.5) is 4.79 Å². The third kappa shape index (κ3) is 7.99. The fraction of sp³-hybridized carbons (Fsp3) is 0.733. The van der Waals surface area contributed by atoms with E-state index in [1.54, 1.807) is 0 Å². The molecule has 2 atom stereocenters. The van der Waals surface area contributed by atoms with E-state index in [1.165, 1.54) is 12.8 Å². The molecule has 0 aromatic rings. The highest BCUT2D eigenvalue weighted by Gasteiger charge is 2.13. The van der Waals surface area contributed by atoms with Crippen LogP contribution in [0.1, 0.15) is 51.4 Å². The van der Waals surface area contributed by atoms with Crippen molar-refractivity contribution in [3.8, 4) is 0 Å².